The van der Waals surface area contributed by atoms with E-state index >= 15 is 0 Å². The van der Waals surface area contributed by atoms with Crippen LogP contribution in [0.25, 0.3) is 0 Å². The number of carbonyl (C=O) groups excluding carboxylic acids is 1. The predicted octanol–water partition coefficient (Wildman–Crippen LogP) is 3.01. The molecule has 0 saturated heterocycles. The molecule has 0 bridgehead atoms. The van der Waals surface area contributed by atoms with Crippen molar-refractivity contribution in [2.45, 2.75) is 77.2 Å². The van der Waals surface area contributed by atoms with Crippen LogP contribution in [-0.4, -0.2) is 23.2 Å². The molecule has 3 nitrogen and oxygen atoms in total. The van der Waals surface area contributed by atoms with Gasteiger partial charge in [-0.3, -0.25) is 4.79 Å². The van der Waals surface area contributed by atoms with Gasteiger partial charge < -0.3 is 10.4 Å². The minimum absolute atomic E-state index is 0.0829. The Bertz CT molecular complexity index is 245. The zero-order chi connectivity index (χ0) is 13.4. The van der Waals surface area contributed by atoms with Crippen molar-refractivity contribution >= 4 is 5.91 Å². The summed E-state index contributed by atoms with van der Waals surface area (Å²) in [6.45, 7) is 4.05. The van der Waals surface area contributed by atoms with Gasteiger partial charge in [0, 0.05) is 13.0 Å². The van der Waals surface area contributed by atoms with E-state index in [1.54, 1.807) is 6.92 Å². The average molecular weight is 255 g/mol. The van der Waals surface area contributed by atoms with Crippen molar-refractivity contribution in [2.24, 2.45) is 5.92 Å². The smallest absolute Gasteiger partial charge is 0.220 e. The van der Waals surface area contributed by atoms with Gasteiger partial charge in [-0.2, -0.15) is 0 Å². The van der Waals surface area contributed by atoms with E-state index in [0.717, 1.165) is 12.3 Å². The third kappa shape index (κ3) is 6.39. The van der Waals surface area contributed by atoms with Crippen LogP contribution in [0, 0.1) is 5.92 Å². The quantitative estimate of drug-likeness (QED) is 0.734. The molecule has 0 aromatic rings. The van der Waals surface area contributed by atoms with Crippen molar-refractivity contribution in [3.63, 3.8) is 0 Å². The molecule has 0 radical (unpaired) electrons. The molecule has 2 N–H and O–H groups in total. The van der Waals surface area contributed by atoms with E-state index in [0.29, 0.717) is 19.4 Å². The summed E-state index contributed by atoms with van der Waals surface area (Å²) in [5.41, 5.74) is -0.765. The summed E-state index contributed by atoms with van der Waals surface area (Å²) in [5.74, 6) is 0.935. The number of nitrogens with one attached hydrogen (secondary N) is 1. The van der Waals surface area contributed by atoms with E-state index < -0.39 is 5.60 Å². The molecule has 1 rings (SSSR count). The highest BCUT2D eigenvalue weighted by Gasteiger charge is 2.18. The van der Waals surface area contributed by atoms with Crippen LogP contribution in [0.15, 0.2) is 0 Å². The lowest BCUT2D eigenvalue weighted by Gasteiger charge is -2.22. The zero-order valence-corrected chi connectivity index (χ0v) is 12.0. The highest BCUT2D eigenvalue weighted by atomic mass is 16.3. The van der Waals surface area contributed by atoms with Crippen LogP contribution in [0.4, 0.5) is 0 Å². The molecule has 0 heterocycles. The molecule has 0 spiro atoms. The lowest BCUT2D eigenvalue weighted by atomic mass is 9.86. The molecule has 1 aliphatic carbocycles. The molecule has 3 heteroatoms. The van der Waals surface area contributed by atoms with E-state index in [1.807, 2.05) is 6.92 Å². The van der Waals surface area contributed by atoms with Gasteiger partial charge in [-0.15, -0.1) is 0 Å². The molecule has 1 aliphatic rings. The number of carbonyl (C=O) groups is 1. The second-order valence-electron chi connectivity index (χ2n) is 6.02. The van der Waals surface area contributed by atoms with Gasteiger partial charge in [-0.25, -0.2) is 0 Å². The van der Waals surface area contributed by atoms with Crippen molar-refractivity contribution in [1.82, 2.24) is 5.32 Å². The van der Waals surface area contributed by atoms with Gasteiger partial charge in [0.1, 0.15) is 0 Å². The lowest BCUT2D eigenvalue weighted by Crippen LogP contribution is -2.40. The van der Waals surface area contributed by atoms with Crippen LogP contribution in [-0.2, 0) is 4.79 Å². The SMILES string of the molecule is CCC(C)(O)CNC(=O)CCCC1CCCCC1. The number of rotatable bonds is 7. The van der Waals surface area contributed by atoms with Crippen molar-refractivity contribution in [1.29, 1.82) is 0 Å². The summed E-state index contributed by atoms with van der Waals surface area (Å²) < 4.78 is 0. The molecule has 1 atom stereocenters. The molecule has 18 heavy (non-hydrogen) atoms. The molecule has 106 valence electrons. The Kier molecular flexibility index (Phi) is 6.69. The van der Waals surface area contributed by atoms with E-state index in [9.17, 15) is 9.90 Å². The Morgan fingerprint density at radius 1 is 1.33 bits per heavy atom. The molecular formula is C15H29NO2. The van der Waals surface area contributed by atoms with Crippen LogP contribution >= 0.6 is 0 Å². The third-order valence-corrected chi connectivity index (χ3v) is 4.17. The fourth-order valence-electron chi connectivity index (χ4n) is 2.53. The molecular weight excluding hydrogens is 226 g/mol. The van der Waals surface area contributed by atoms with Gasteiger partial charge in [0.15, 0.2) is 0 Å². The topological polar surface area (TPSA) is 49.3 Å². The van der Waals surface area contributed by atoms with Crippen LogP contribution in [0.3, 0.4) is 0 Å². The average Bonchev–Trinajstić information content (AvgIpc) is 2.38. The van der Waals surface area contributed by atoms with Crippen LogP contribution in [0.1, 0.15) is 71.6 Å². The first-order valence-corrected chi connectivity index (χ1v) is 7.52. The summed E-state index contributed by atoms with van der Waals surface area (Å²) in [7, 11) is 0. The summed E-state index contributed by atoms with van der Waals surface area (Å²) in [6, 6.07) is 0. The second-order valence-corrected chi connectivity index (χ2v) is 6.02. The summed E-state index contributed by atoms with van der Waals surface area (Å²) in [4.78, 5) is 11.6. The molecule has 0 aromatic carbocycles. The van der Waals surface area contributed by atoms with Gasteiger partial charge in [-0.1, -0.05) is 39.0 Å². The minimum Gasteiger partial charge on any atom is -0.388 e. The molecule has 1 unspecified atom stereocenters. The largest absolute Gasteiger partial charge is 0.388 e. The van der Waals surface area contributed by atoms with Gasteiger partial charge >= 0.3 is 0 Å². The van der Waals surface area contributed by atoms with E-state index in [4.69, 9.17) is 0 Å². The fraction of sp³-hybridized carbons (Fsp3) is 0.933. The Balaban J connectivity index is 2.06. The summed E-state index contributed by atoms with van der Waals surface area (Å²) >= 11 is 0. The molecule has 0 aromatic heterocycles. The van der Waals surface area contributed by atoms with E-state index in [2.05, 4.69) is 5.32 Å². The Morgan fingerprint density at radius 2 is 2.00 bits per heavy atom. The number of amides is 1. The van der Waals surface area contributed by atoms with Crippen LogP contribution in [0.5, 0.6) is 0 Å². The number of hydrogen-bond acceptors (Lipinski definition) is 2. The lowest BCUT2D eigenvalue weighted by molar-refractivity contribution is -0.122. The normalized spacial score (nSPS) is 20.4. The molecule has 0 aliphatic heterocycles. The standard InChI is InChI=1S/C15H29NO2/c1-3-15(2,18)12-16-14(17)11-7-10-13-8-5-4-6-9-13/h13,18H,3-12H2,1-2H3,(H,16,17). The predicted molar refractivity (Wildman–Crippen MR) is 74.4 cm³/mol. The maximum Gasteiger partial charge on any atom is 0.220 e. The monoisotopic (exact) mass is 255 g/mol. The molecule has 1 amide bonds. The van der Waals surface area contributed by atoms with Crippen LogP contribution in [0.2, 0.25) is 0 Å². The first kappa shape index (κ1) is 15.5. The fourth-order valence-corrected chi connectivity index (χ4v) is 2.53. The minimum atomic E-state index is -0.765. The maximum absolute atomic E-state index is 11.6. The van der Waals surface area contributed by atoms with Gasteiger partial charge in [0.25, 0.3) is 0 Å². The van der Waals surface area contributed by atoms with Gasteiger partial charge in [0.05, 0.1) is 5.60 Å². The van der Waals surface area contributed by atoms with Crippen LogP contribution < -0.4 is 5.32 Å². The molecule has 1 saturated carbocycles. The first-order chi connectivity index (χ1) is 8.53. The van der Waals surface area contributed by atoms with Gasteiger partial charge in [0.2, 0.25) is 5.91 Å². The van der Waals surface area contributed by atoms with E-state index in [-0.39, 0.29) is 5.91 Å². The maximum atomic E-state index is 11.6. The third-order valence-electron chi connectivity index (χ3n) is 4.17. The highest BCUT2D eigenvalue weighted by Crippen LogP contribution is 2.27. The summed E-state index contributed by atoms with van der Waals surface area (Å²) in [6.07, 6.45) is 10.3. The van der Waals surface area contributed by atoms with Gasteiger partial charge in [-0.05, 0) is 32.1 Å². The Labute approximate surface area is 111 Å². The second kappa shape index (κ2) is 7.78. The van der Waals surface area contributed by atoms with Crippen molar-refractivity contribution in [3.8, 4) is 0 Å². The van der Waals surface area contributed by atoms with Crippen molar-refractivity contribution in [3.05, 3.63) is 0 Å². The van der Waals surface area contributed by atoms with E-state index in [1.165, 1.54) is 38.5 Å². The summed E-state index contributed by atoms with van der Waals surface area (Å²) in [5, 5.41) is 12.6. The number of aliphatic hydroxyl groups is 1. The number of hydrogen-bond donors (Lipinski definition) is 2. The highest BCUT2D eigenvalue weighted by molar-refractivity contribution is 5.75. The van der Waals surface area contributed by atoms with Crippen molar-refractivity contribution < 1.29 is 9.90 Å². The first-order valence-electron chi connectivity index (χ1n) is 7.52. The Hall–Kier alpha value is -0.570. The zero-order valence-electron chi connectivity index (χ0n) is 12.0. The van der Waals surface area contributed by atoms with Crippen molar-refractivity contribution in [2.75, 3.05) is 6.54 Å². The molecule has 1 fully saturated rings. The Morgan fingerprint density at radius 3 is 2.61 bits per heavy atom.